The molecule has 0 spiro atoms. The molecule has 2 aromatic rings. The van der Waals surface area contributed by atoms with E-state index in [4.69, 9.17) is 23.2 Å². The van der Waals surface area contributed by atoms with Crippen LogP contribution >= 0.6 is 68.4 Å². The number of hydrogen-bond acceptors (Lipinski definition) is 2. The third-order valence-electron chi connectivity index (χ3n) is 2.54. The van der Waals surface area contributed by atoms with Crippen LogP contribution in [-0.2, 0) is 0 Å². The lowest BCUT2D eigenvalue weighted by atomic mass is 10.1. The lowest BCUT2D eigenvalue weighted by Crippen LogP contribution is -1.82. The van der Waals surface area contributed by atoms with Crippen LogP contribution in [0, 0.1) is 7.14 Å². The Labute approximate surface area is 153 Å². The molecule has 0 radical (unpaired) electrons. The van der Waals surface area contributed by atoms with Gasteiger partial charge >= 0.3 is 0 Å². The van der Waals surface area contributed by atoms with Crippen molar-refractivity contribution < 1.29 is 10.2 Å². The molecular formula is C14H8Cl2I2O2. The maximum atomic E-state index is 9.67. The fourth-order valence-electron chi connectivity index (χ4n) is 1.60. The second-order valence-corrected chi connectivity index (χ2v) is 7.13. The van der Waals surface area contributed by atoms with Crippen molar-refractivity contribution in [3.8, 4) is 11.5 Å². The van der Waals surface area contributed by atoms with Crippen LogP contribution in [0.15, 0.2) is 24.3 Å². The van der Waals surface area contributed by atoms with Crippen molar-refractivity contribution in [3.63, 3.8) is 0 Å². The van der Waals surface area contributed by atoms with E-state index in [1.807, 2.05) is 34.7 Å². The monoisotopic (exact) mass is 532 g/mol. The summed E-state index contributed by atoms with van der Waals surface area (Å²) in [6.07, 6.45) is 3.48. The molecule has 104 valence electrons. The molecule has 0 aromatic heterocycles. The van der Waals surface area contributed by atoms with Gasteiger partial charge in [-0.3, -0.25) is 0 Å². The summed E-state index contributed by atoms with van der Waals surface area (Å²) in [7, 11) is 0. The maximum absolute atomic E-state index is 9.67. The summed E-state index contributed by atoms with van der Waals surface area (Å²) in [6, 6.07) is 6.76. The van der Waals surface area contributed by atoms with E-state index in [-0.39, 0.29) is 11.5 Å². The number of hydrogen-bond donors (Lipinski definition) is 2. The van der Waals surface area contributed by atoms with Crippen LogP contribution in [0.4, 0.5) is 0 Å². The average molecular weight is 533 g/mol. The number of phenols is 2. The highest BCUT2D eigenvalue weighted by molar-refractivity contribution is 14.1. The summed E-state index contributed by atoms with van der Waals surface area (Å²) in [5, 5.41) is 20.4. The predicted octanol–water partition coefficient (Wildman–Crippen LogP) is 5.78. The van der Waals surface area contributed by atoms with Crippen molar-refractivity contribution in [2.75, 3.05) is 0 Å². The largest absolute Gasteiger partial charge is 0.507 e. The Morgan fingerprint density at radius 1 is 0.850 bits per heavy atom. The molecule has 0 aliphatic heterocycles. The van der Waals surface area contributed by atoms with Gasteiger partial charge in [-0.2, -0.15) is 0 Å². The van der Waals surface area contributed by atoms with Gasteiger partial charge in [-0.25, -0.2) is 0 Å². The van der Waals surface area contributed by atoms with Gasteiger partial charge in [-0.15, -0.1) is 0 Å². The average Bonchev–Trinajstić information content (AvgIpc) is 2.34. The molecule has 0 aliphatic rings. The van der Waals surface area contributed by atoms with E-state index < -0.39 is 0 Å². The van der Waals surface area contributed by atoms with Crippen LogP contribution in [0.3, 0.4) is 0 Å². The van der Waals surface area contributed by atoms with Crippen LogP contribution in [0.25, 0.3) is 12.2 Å². The van der Waals surface area contributed by atoms with E-state index in [0.717, 1.165) is 3.57 Å². The topological polar surface area (TPSA) is 40.5 Å². The molecule has 2 rings (SSSR count). The van der Waals surface area contributed by atoms with Crippen molar-refractivity contribution in [2.45, 2.75) is 0 Å². The van der Waals surface area contributed by atoms with Crippen molar-refractivity contribution >= 4 is 80.5 Å². The molecule has 0 unspecified atom stereocenters. The van der Waals surface area contributed by atoms with E-state index in [0.29, 0.717) is 24.7 Å². The molecule has 0 amide bonds. The zero-order chi connectivity index (χ0) is 14.9. The fourth-order valence-corrected chi connectivity index (χ4v) is 3.52. The van der Waals surface area contributed by atoms with Gasteiger partial charge in [0.15, 0.2) is 0 Å². The van der Waals surface area contributed by atoms with E-state index in [1.165, 1.54) is 0 Å². The molecule has 0 atom stereocenters. The first-order chi connectivity index (χ1) is 9.38. The minimum atomic E-state index is 0.0325. The molecule has 2 N–H and O–H groups in total. The summed E-state index contributed by atoms with van der Waals surface area (Å²) in [4.78, 5) is 0. The van der Waals surface area contributed by atoms with Crippen LogP contribution in [0.1, 0.15) is 11.1 Å². The second-order valence-electron chi connectivity index (χ2n) is 3.99. The second kappa shape index (κ2) is 6.72. The molecule has 20 heavy (non-hydrogen) atoms. The fraction of sp³-hybridized carbons (Fsp3) is 0. The Hall–Kier alpha value is -0.180. The first kappa shape index (κ1) is 16.2. The quantitative estimate of drug-likeness (QED) is 0.380. The van der Waals surface area contributed by atoms with Gasteiger partial charge in [0.25, 0.3) is 0 Å². The van der Waals surface area contributed by atoms with E-state index in [2.05, 4.69) is 22.6 Å². The summed E-state index contributed by atoms with van der Waals surface area (Å²) in [6.45, 7) is 0. The number of benzene rings is 2. The van der Waals surface area contributed by atoms with Gasteiger partial charge in [0.1, 0.15) is 11.5 Å². The Kier molecular flexibility index (Phi) is 5.44. The molecule has 0 aliphatic carbocycles. The first-order valence-corrected chi connectivity index (χ1v) is 8.34. The summed E-state index contributed by atoms with van der Waals surface area (Å²) in [5.74, 6) is 0.0649. The zero-order valence-electron chi connectivity index (χ0n) is 9.87. The zero-order valence-corrected chi connectivity index (χ0v) is 15.7. The number of rotatable bonds is 2. The van der Waals surface area contributed by atoms with Crippen LogP contribution < -0.4 is 0 Å². The van der Waals surface area contributed by atoms with Crippen LogP contribution in [0.5, 0.6) is 11.5 Å². The lowest BCUT2D eigenvalue weighted by molar-refractivity contribution is 0.443. The SMILES string of the molecule is Oc1cc(/C=C/c2c(Cl)cc(I)cc2Cl)cc(O)c1I. The predicted molar refractivity (Wildman–Crippen MR) is 101 cm³/mol. The minimum absolute atomic E-state index is 0.0325. The van der Waals surface area contributed by atoms with Crippen molar-refractivity contribution in [1.29, 1.82) is 0 Å². The molecular weight excluding hydrogens is 525 g/mol. The third kappa shape index (κ3) is 3.72. The minimum Gasteiger partial charge on any atom is -0.507 e. The third-order valence-corrected chi connectivity index (χ3v) is 4.90. The Bertz CT molecular complexity index is 654. The number of phenolic OH excluding ortho intramolecular Hbond substituents is 2. The van der Waals surface area contributed by atoms with Gasteiger partial charge < -0.3 is 10.2 Å². The molecule has 6 heteroatoms. The van der Waals surface area contributed by atoms with Gasteiger partial charge in [0, 0.05) is 9.13 Å². The van der Waals surface area contributed by atoms with Gasteiger partial charge in [0.2, 0.25) is 0 Å². The Morgan fingerprint density at radius 2 is 1.35 bits per heavy atom. The number of aromatic hydroxyl groups is 2. The van der Waals surface area contributed by atoms with Crippen LogP contribution in [0.2, 0.25) is 10.0 Å². The molecule has 2 aromatic carbocycles. The molecule has 0 saturated carbocycles. The number of halogens is 4. The Balaban J connectivity index is 2.40. The van der Waals surface area contributed by atoms with E-state index >= 15 is 0 Å². The Morgan fingerprint density at radius 3 is 1.85 bits per heavy atom. The van der Waals surface area contributed by atoms with Gasteiger partial charge in [-0.05, 0) is 75.0 Å². The van der Waals surface area contributed by atoms with Gasteiger partial charge in [-0.1, -0.05) is 35.4 Å². The highest BCUT2D eigenvalue weighted by Crippen LogP contribution is 2.32. The lowest BCUT2D eigenvalue weighted by Gasteiger charge is -2.04. The molecule has 0 fully saturated rings. The van der Waals surface area contributed by atoms with Crippen molar-refractivity contribution in [3.05, 3.63) is 52.6 Å². The summed E-state index contributed by atoms with van der Waals surface area (Å²) in [5.41, 5.74) is 1.36. The molecule has 0 bridgehead atoms. The van der Waals surface area contributed by atoms with Crippen LogP contribution in [-0.4, -0.2) is 10.2 Å². The van der Waals surface area contributed by atoms with Gasteiger partial charge in [0.05, 0.1) is 13.6 Å². The summed E-state index contributed by atoms with van der Waals surface area (Å²) < 4.78 is 1.38. The molecule has 0 heterocycles. The van der Waals surface area contributed by atoms with Crippen molar-refractivity contribution in [1.82, 2.24) is 0 Å². The standard InChI is InChI=1S/C14H8Cl2I2O2/c15-10-5-8(17)6-11(16)9(10)2-1-7-3-12(19)14(18)13(20)4-7/h1-6,19-20H/b2-1+. The highest BCUT2D eigenvalue weighted by Gasteiger charge is 2.07. The summed E-state index contributed by atoms with van der Waals surface area (Å²) >= 11 is 16.3. The smallest absolute Gasteiger partial charge is 0.133 e. The maximum Gasteiger partial charge on any atom is 0.133 e. The van der Waals surface area contributed by atoms with E-state index in [9.17, 15) is 10.2 Å². The molecule has 0 saturated heterocycles. The first-order valence-electron chi connectivity index (χ1n) is 5.42. The van der Waals surface area contributed by atoms with Crippen molar-refractivity contribution in [2.24, 2.45) is 0 Å². The normalized spacial score (nSPS) is 11.2. The molecule has 2 nitrogen and oxygen atoms in total. The highest BCUT2D eigenvalue weighted by atomic mass is 127. The van der Waals surface area contributed by atoms with E-state index in [1.54, 1.807) is 24.3 Å².